The van der Waals surface area contributed by atoms with Gasteiger partial charge in [0.2, 0.25) is 5.88 Å². The number of nitrogen functional groups attached to an aromatic ring is 1. The molecule has 2 aromatic rings. The molecule has 2 atom stereocenters. The Balaban J connectivity index is 1.99. The van der Waals surface area contributed by atoms with Crippen LogP contribution in [-0.2, 0) is 4.74 Å². The number of hydrogen-bond acceptors (Lipinski definition) is 8. The lowest BCUT2D eigenvalue weighted by molar-refractivity contribution is 0.0527. The Labute approximate surface area is 148 Å². The van der Waals surface area contributed by atoms with Crippen LogP contribution in [0, 0.1) is 11.3 Å². The van der Waals surface area contributed by atoms with Crippen LogP contribution in [0.3, 0.4) is 0 Å². The van der Waals surface area contributed by atoms with Gasteiger partial charge >= 0.3 is 5.97 Å². The van der Waals surface area contributed by atoms with Gasteiger partial charge in [-0.05, 0) is 12.1 Å². The van der Waals surface area contributed by atoms with Crippen LogP contribution in [0.25, 0.3) is 11.4 Å². The predicted octanol–water partition coefficient (Wildman–Crippen LogP) is 0.824. The lowest BCUT2D eigenvalue weighted by Crippen LogP contribution is -2.21. The third-order valence-electron chi connectivity index (χ3n) is 3.89. The monoisotopic (exact) mass is 356 g/mol. The third-order valence-corrected chi connectivity index (χ3v) is 3.89. The first kappa shape index (κ1) is 17.6. The molecule has 9 heteroatoms. The zero-order chi connectivity index (χ0) is 18.7. The van der Waals surface area contributed by atoms with Gasteiger partial charge in [-0.25, -0.2) is 9.78 Å². The fourth-order valence-electron chi connectivity index (χ4n) is 2.64. The molecule has 3 rings (SSSR count). The highest BCUT2D eigenvalue weighted by Gasteiger charge is 2.30. The van der Waals surface area contributed by atoms with Gasteiger partial charge < -0.3 is 25.4 Å². The molecule has 0 spiro atoms. The molecule has 1 aromatic carbocycles. The Kier molecular flexibility index (Phi) is 4.97. The van der Waals surface area contributed by atoms with Gasteiger partial charge in [-0.15, -0.1) is 0 Å². The van der Waals surface area contributed by atoms with Crippen molar-refractivity contribution >= 4 is 11.8 Å². The number of carboxylic acid groups (broad SMARTS) is 1. The molecular weight excluding hydrogens is 340 g/mol. The first-order chi connectivity index (χ1) is 12.5. The molecule has 2 heterocycles. The van der Waals surface area contributed by atoms with Gasteiger partial charge in [0.1, 0.15) is 11.9 Å². The number of aromatic carboxylic acids is 1. The lowest BCUT2D eigenvalue weighted by Gasteiger charge is -2.15. The zero-order valence-corrected chi connectivity index (χ0v) is 13.6. The van der Waals surface area contributed by atoms with Crippen LogP contribution in [0.2, 0.25) is 0 Å². The molecule has 1 aromatic heterocycles. The van der Waals surface area contributed by atoms with Crippen molar-refractivity contribution in [2.45, 2.75) is 18.6 Å². The summed E-state index contributed by atoms with van der Waals surface area (Å²) >= 11 is 0. The number of carbonyl (C=O) groups is 1. The molecule has 134 valence electrons. The van der Waals surface area contributed by atoms with E-state index in [1.54, 1.807) is 24.3 Å². The summed E-state index contributed by atoms with van der Waals surface area (Å²) in [6.07, 6.45) is -0.421. The van der Waals surface area contributed by atoms with Gasteiger partial charge in [0, 0.05) is 12.0 Å². The number of rotatable bonds is 5. The van der Waals surface area contributed by atoms with E-state index in [9.17, 15) is 9.90 Å². The minimum absolute atomic E-state index is 0.149. The van der Waals surface area contributed by atoms with Crippen molar-refractivity contribution in [2.24, 2.45) is 0 Å². The number of aliphatic hydroxyl groups excluding tert-OH is 1. The minimum atomic E-state index is -1.31. The smallest absolute Gasteiger partial charge is 0.345 e. The van der Waals surface area contributed by atoms with Crippen LogP contribution in [0.1, 0.15) is 22.3 Å². The summed E-state index contributed by atoms with van der Waals surface area (Å²) in [6.45, 7) is 0.0528. The van der Waals surface area contributed by atoms with Crippen molar-refractivity contribution in [3.05, 3.63) is 35.4 Å². The number of carboxylic acids is 1. The topological polar surface area (TPSA) is 152 Å². The Morgan fingerprint density at radius 1 is 1.46 bits per heavy atom. The summed E-state index contributed by atoms with van der Waals surface area (Å²) in [5, 5.41) is 27.6. The SMILES string of the molecule is N#Cc1cccc(-c2nc(N)c(C(=O)O)c(O[C@@H]3CO[C@H](CO)C3)n2)c1. The number of anilines is 1. The second-order valence-electron chi connectivity index (χ2n) is 5.72. The highest BCUT2D eigenvalue weighted by atomic mass is 16.6. The summed E-state index contributed by atoms with van der Waals surface area (Å²) in [6, 6.07) is 8.55. The molecular formula is C17H16N4O5. The highest BCUT2D eigenvalue weighted by Crippen LogP contribution is 2.28. The Morgan fingerprint density at radius 2 is 2.27 bits per heavy atom. The molecule has 0 bridgehead atoms. The van der Waals surface area contributed by atoms with Gasteiger partial charge in [0.25, 0.3) is 0 Å². The maximum Gasteiger partial charge on any atom is 0.345 e. The molecule has 1 fully saturated rings. The summed E-state index contributed by atoms with van der Waals surface area (Å²) in [4.78, 5) is 19.8. The molecule has 0 saturated carbocycles. The average Bonchev–Trinajstić information content (AvgIpc) is 3.08. The number of benzene rings is 1. The first-order valence-electron chi connectivity index (χ1n) is 7.82. The number of ether oxygens (including phenoxy) is 2. The molecule has 0 radical (unpaired) electrons. The van der Waals surface area contributed by atoms with E-state index in [1.807, 2.05) is 6.07 Å². The van der Waals surface area contributed by atoms with Gasteiger partial charge in [-0.2, -0.15) is 10.2 Å². The second kappa shape index (κ2) is 7.35. The van der Waals surface area contributed by atoms with E-state index in [-0.39, 0.29) is 42.4 Å². The van der Waals surface area contributed by atoms with Crippen molar-refractivity contribution < 1.29 is 24.5 Å². The summed E-state index contributed by atoms with van der Waals surface area (Å²) < 4.78 is 11.0. The van der Waals surface area contributed by atoms with Crippen molar-refractivity contribution in [2.75, 3.05) is 18.9 Å². The Bertz CT molecular complexity index is 880. The van der Waals surface area contributed by atoms with E-state index in [0.717, 1.165) is 0 Å². The minimum Gasteiger partial charge on any atom is -0.477 e. The van der Waals surface area contributed by atoms with Crippen LogP contribution in [0.5, 0.6) is 5.88 Å². The number of nitrogens with two attached hydrogens (primary N) is 1. The lowest BCUT2D eigenvalue weighted by atomic mass is 10.1. The summed E-state index contributed by atoms with van der Waals surface area (Å²) in [5.74, 6) is -1.57. The molecule has 9 nitrogen and oxygen atoms in total. The number of nitrogens with zero attached hydrogens (tertiary/aromatic N) is 3. The summed E-state index contributed by atoms with van der Waals surface area (Å²) in [5.41, 5.74) is 6.39. The second-order valence-corrected chi connectivity index (χ2v) is 5.72. The molecule has 1 aliphatic heterocycles. The molecule has 0 amide bonds. The molecule has 0 unspecified atom stereocenters. The molecule has 1 aliphatic rings. The maximum absolute atomic E-state index is 11.5. The number of hydrogen-bond donors (Lipinski definition) is 3. The van der Waals surface area contributed by atoms with Gasteiger partial charge in [0.15, 0.2) is 11.4 Å². The predicted molar refractivity (Wildman–Crippen MR) is 89.4 cm³/mol. The normalized spacial score (nSPS) is 19.1. The van der Waals surface area contributed by atoms with Crippen LogP contribution in [0.15, 0.2) is 24.3 Å². The van der Waals surface area contributed by atoms with Gasteiger partial charge in [-0.1, -0.05) is 12.1 Å². The van der Waals surface area contributed by atoms with E-state index in [0.29, 0.717) is 17.5 Å². The van der Waals surface area contributed by atoms with Crippen LogP contribution in [-0.4, -0.2) is 51.6 Å². The zero-order valence-electron chi connectivity index (χ0n) is 13.6. The van der Waals surface area contributed by atoms with E-state index in [2.05, 4.69) is 9.97 Å². The number of aromatic nitrogens is 2. The van der Waals surface area contributed by atoms with E-state index in [4.69, 9.17) is 25.6 Å². The standard InChI is InChI=1S/C17H16N4O5/c18-6-9-2-1-3-10(4-9)15-20-14(19)13(17(23)24)16(21-15)26-12-5-11(7-22)25-8-12/h1-4,11-12,22H,5,7-8H2,(H,23,24)(H2,19,20,21)/t11-,12-/m0/s1. The van der Waals surface area contributed by atoms with Gasteiger partial charge in [0.05, 0.1) is 31.0 Å². The van der Waals surface area contributed by atoms with E-state index >= 15 is 0 Å². The third kappa shape index (κ3) is 3.56. The van der Waals surface area contributed by atoms with Crippen LogP contribution < -0.4 is 10.5 Å². The summed E-state index contributed by atoms with van der Waals surface area (Å²) in [7, 11) is 0. The van der Waals surface area contributed by atoms with Crippen molar-refractivity contribution in [3.8, 4) is 23.3 Å². The molecule has 0 aliphatic carbocycles. The Hall–Kier alpha value is -3.22. The fraction of sp³-hybridized carbons (Fsp3) is 0.294. The average molecular weight is 356 g/mol. The van der Waals surface area contributed by atoms with Crippen LogP contribution in [0.4, 0.5) is 5.82 Å². The molecule has 4 N–H and O–H groups in total. The van der Waals surface area contributed by atoms with Crippen molar-refractivity contribution in [3.63, 3.8) is 0 Å². The van der Waals surface area contributed by atoms with Gasteiger partial charge in [-0.3, -0.25) is 0 Å². The quantitative estimate of drug-likeness (QED) is 0.707. The largest absolute Gasteiger partial charge is 0.477 e. The molecule has 26 heavy (non-hydrogen) atoms. The van der Waals surface area contributed by atoms with Crippen molar-refractivity contribution in [1.29, 1.82) is 5.26 Å². The molecule has 1 saturated heterocycles. The maximum atomic E-state index is 11.5. The van der Waals surface area contributed by atoms with E-state index < -0.39 is 12.1 Å². The van der Waals surface area contributed by atoms with Crippen molar-refractivity contribution in [1.82, 2.24) is 9.97 Å². The van der Waals surface area contributed by atoms with Crippen LogP contribution >= 0.6 is 0 Å². The Morgan fingerprint density at radius 3 is 2.92 bits per heavy atom. The first-order valence-corrected chi connectivity index (χ1v) is 7.82. The number of nitriles is 1. The fourth-order valence-corrected chi connectivity index (χ4v) is 2.64. The van der Waals surface area contributed by atoms with E-state index in [1.165, 1.54) is 0 Å². The highest BCUT2D eigenvalue weighted by molar-refractivity contribution is 5.95. The number of aliphatic hydroxyl groups is 1.